The molecule has 1 aliphatic rings. The first kappa shape index (κ1) is 16.6. The third-order valence-corrected chi connectivity index (χ3v) is 4.59. The van der Waals surface area contributed by atoms with Gasteiger partial charge in [0.2, 0.25) is 5.91 Å². The van der Waals surface area contributed by atoms with Gasteiger partial charge in [-0.25, -0.2) is 0 Å². The van der Waals surface area contributed by atoms with Gasteiger partial charge >= 0.3 is 0 Å². The molecule has 0 bridgehead atoms. The predicted octanol–water partition coefficient (Wildman–Crippen LogP) is 3.38. The molecule has 0 aliphatic carbocycles. The van der Waals surface area contributed by atoms with Crippen molar-refractivity contribution < 1.29 is 4.79 Å². The Hall–Kier alpha value is -0.770. The summed E-state index contributed by atoms with van der Waals surface area (Å²) in [4.78, 5) is 14.3. The molecule has 116 valence electrons. The number of nitrogens with one attached hydrogen (secondary N) is 1. The van der Waals surface area contributed by atoms with Crippen molar-refractivity contribution in [2.75, 3.05) is 26.2 Å². The Morgan fingerprint density at radius 1 is 1.33 bits per heavy atom. The zero-order valence-corrected chi connectivity index (χ0v) is 13.9. The molecule has 1 heterocycles. The van der Waals surface area contributed by atoms with E-state index >= 15 is 0 Å². The minimum atomic E-state index is 0.154. The highest BCUT2D eigenvalue weighted by Gasteiger charge is 2.22. The number of piperidine rings is 1. The lowest BCUT2D eigenvalue weighted by Crippen LogP contribution is -2.41. The lowest BCUT2D eigenvalue weighted by Gasteiger charge is -2.32. The summed E-state index contributed by atoms with van der Waals surface area (Å²) in [5, 5.41) is 4.55. The molecule has 0 spiro atoms. The molecule has 1 aromatic rings. The number of carbonyl (C=O) groups excluding carboxylic acids is 1. The largest absolute Gasteiger partial charge is 0.342 e. The van der Waals surface area contributed by atoms with E-state index in [1.807, 2.05) is 11.0 Å². The second-order valence-corrected chi connectivity index (χ2v) is 6.39. The van der Waals surface area contributed by atoms with Crippen molar-refractivity contribution in [3.63, 3.8) is 0 Å². The van der Waals surface area contributed by atoms with E-state index in [2.05, 4.69) is 12.2 Å². The number of likely N-dealkylation sites (tertiary alicyclic amines) is 1. The molecule has 0 atom stereocenters. The van der Waals surface area contributed by atoms with Gasteiger partial charge in [0.1, 0.15) is 0 Å². The number of benzene rings is 1. The van der Waals surface area contributed by atoms with Gasteiger partial charge in [0.15, 0.2) is 0 Å². The van der Waals surface area contributed by atoms with E-state index in [0.29, 0.717) is 22.4 Å². The van der Waals surface area contributed by atoms with Crippen molar-refractivity contribution in [1.82, 2.24) is 10.2 Å². The Kier molecular flexibility index (Phi) is 6.34. The molecule has 1 aromatic carbocycles. The molecule has 1 amide bonds. The molecular weight excluding hydrogens is 307 g/mol. The van der Waals surface area contributed by atoms with Crippen molar-refractivity contribution in [2.45, 2.75) is 26.2 Å². The van der Waals surface area contributed by atoms with Gasteiger partial charge in [-0.15, -0.1) is 0 Å². The van der Waals surface area contributed by atoms with Crippen molar-refractivity contribution >= 4 is 29.1 Å². The van der Waals surface area contributed by atoms with Gasteiger partial charge in [-0.2, -0.15) is 0 Å². The highest BCUT2D eigenvalue weighted by Crippen LogP contribution is 2.23. The van der Waals surface area contributed by atoms with Crippen LogP contribution in [0.4, 0.5) is 0 Å². The molecule has 0 saturated carbocycles. The molecule has 3 nitrogen and oxygen atoms in total. The summed E-state index contributed by atoms with van der Waals surface area (Å²) >= 11 is 12.0. The highest BCUT2D eigenvalue weighted by atomic mass is 35.5. The molecule has 21 heavy (non-hydrogen) atoms. The van der Waals surface area contributed by atoms with Crippen LogP contribution >= 0.6 is 23.2 Å². The van der Waals surface area contributed by atoms with Crippen LogP contribution in [0.5, 0.6) is 0 Å². The SMILES string of the molecule is CCNCC1CCN(C(=O)Cc2ccc(Cl)cc2Cl)CC1. The fraction of sp³-hybridized carbons (Fsp3) is 0.562. The van der Waals surface area contributed by atoms with Crippen LogP contribution in [0, 0.1) is 5.92 Å². The standard InChI is InChI=1S/C16H22Cl2N2O/c1-2-19-11-12-5-7-20(8-6-12)16(21)9-13-3-4-14(17)10-15(13)18/h3-4,10,12,19H,2,5-9,11H2,1H3. The van der Waals surface area contributed by atoms with Crippen molar-refractivity contribution in [2.24, 2.45) is 5.92 Å². The van der Waals surface area contributed by atoms with Crippen LogP contribution in [0.15, 0.2) is 18.2 Å². The first-order chi connectivity index (χ1) is 10.1. The molecule has 2 rings (SSSR count). The van der Waals surface area contributed by atoms with Crippen LogP contribution in [0.2, 0.25) is 10.0 Å². The second kappa shape index (κ2) is 8.02. The third kappa shape index (κ3) is 4.87. The Labute approximate surface area is 136 Å². The molecule has 1 aliphatic heterocycles. The van der Waals surface area contributed by atoms with E-state index in [4.69, 9.17) is 23.2 Å². The van der Waals surface area contributed by atoms with E-state index < -0.39 is 0 Å². The average molecular weight is 329 g/mol. The number of nitrogens with zero attached hydrogens (tertiary/aromatic N) is 1. The van der Waals surface area contributed by atoms with Gasteiger partial charge in [0, 0.05) is 23.1 Å². The van der Waals surface area contributed by atoms with Crippen LogP contribution in [0.25, 0.3) is 0 Å². The fourth-order valence-corrected chi connectivity index (χ4v) is 3.15. The number of rotatable bonds is 5. The summed E-state index contributed by atoms with van der Waals surface area (Å²) in [6.45, 7) is 5.88. The lowest BCUT2D eigenvalue weighted by molar-refractivity contribution is -0.131. The van der Waals surface area contributed by atoms with Gasteiger partial charge in [-0.3, -0.25) is 4.79 Å². The van der Waals surface area contributed by atoms with E-state index in [0.717, 1.165) is 44.6 Å². The average Bonchev–Trinajstić information content (AvgIpc) is 2.48. The number of hydrogen-bond acceptors (Lipinski definition) is 2. The first-order valence-corrected chi connectivity index (χ1v) is 8.28. The van der Waals surface area contributed by atoms with Crippen LogP contribution in [-0.4, -0.2) is 37.0 Å². The van der Waals surface area contributed by atoms with Crippen LogP contribution in [0.3, 0.4) is 0 Å². The maximum absolute atomic E-state index is 12.3. The molecule has 5 heteroatoms. The summed E-state index contributed by atoms with van der Waals surface area (Å²) in [5.74, 6) is 0.842. The Balaban J connectivity index is 1.84. The minimum Gasteiger partial charge on any atom is -0.342 e. The molecule has 1 N–H and O–H groups in total. The third-order valence-electron chi connectivity index (χ3n) is 4.01. The van der Waals surface area contributed by atoms with Gasteiger partial charge in [-0.1, -0.05) is 36.2 Å². The Morgan fingerprint density at radius 2 is 2.05 bits per heavy atom. The van der Waals surface area contributed by atoms with Crippen LogP contribution < -0.4 is 5.32 Å². The van der Waals surface area contributed by atoms with Gasteiger partial charge in [0.25, 0.3) is 0 Å². The summed E-state index contributed by atoms with van der Waals surface area (Å²) < 4.78 is 0. The molecule has 0 radical (unpaired) electrons. The maximum Gasteiger partial charge on any atom is 0.227 e. The number of hydrogen-bond donors (Lipinski definition) is 1. The Morgan fingerprint density at radius 3 is 2.67 bits per heavy atom. The normalized spacial score (nSPS) is 16.2. The van der Waals surface area contributed by atoms with Crippen LogP contribution in [-0.2, 0) is 11.2 Å². The number of amides is 1. The van der Waals surface area contributed by atoms with Crippen molar-refractivity contribution in [1.29, 1.82) is 0 Å². The maximum atomic E-state index is 12.3. The fourth-order valence-electron chi connectivity index (χ4n) is 2.67. The summed E-state index contributed by atoms with van der Waals surface area (Å²) in [6.07, 6.45) is 2.51. The quantitative estimate of drug-likeness (QED) is 0.898. The van der Waals surface area contributed by atoms with E-state index in [1.165, 1.54) is 0 Å². The van der Waals surface area contributed by atoms with E-state index in [-0.39, 0.29) is 5.91 Å². The number of halogens is 2. The van der Waals surface area contributed by atoms with E-state index in [9.17, 15) is 4.79 Å². The summed E-state index contributed by atoms with van der Waals surface area (Å²) in [5.41, 5.74) is 0.848. The first-order valence-electron chi connectivity index (χ1n) is 7.52. The summed E-state index contributed by atoms with van der Waals surface area (Å²) in [6, 6.07) is 5.30. The highest BCUT2D eigenvalue weighted by molar-refractivity contribution is 6.35. The predicted molar refractivity (Wildman–Crippen MR) is 88.0 cm³/mol. The molecule has 0 aromatic heterocycles. The summed E-state index contributed by atoms with van der Waals surface area (Å²) in [7, 11) is 0. The van der Waals surface area contributed by atoms with Gasteiger partial charge in [0.05, 0.1) is 6.42 Å². The Bertz CT molecular complexity index is 485. The zero-order valence-electron chi connectivity index (χ0n) is 12.4. The van der Waals surface area contributed by atoms with Gasteiger partial charge < -0.3 is 10.2 Å². The molecule has 0 unspecified atom stereocenters. The second-order valence-electron chi connectivity index (χ2n) is 5.54. The zero-order chi connectivity index (χ0) is 15.2. The molecule has 1 saturated heterocycles. The van der Waals surface area contributed by atoms with Crippen molar-refractivity contribution in [3.05, 3.63) is 33.8 Å². The van der Waals surface area contributed by atoms with E-state index in [1.54, 1.807) is 12.1 Å². The topological polar surface area (TPSA) is 32.3 Å². The monoisotopic (exact) mass is 328 g/mol. The smallest absolute Gasteiger partial charge is 0.227 e. The van der Waals surface area contributed by atoms with Gasteiger partial charge in [-0.05, 0) is 49.5 Å². The molecule has 1 fully saturated rings. The minimum absolute atomic E-state index is 0.154. The van der Waals surface area contributed by atoms with Crippen LogP contribution in [0.1, 0.15) is 25.3 Å². The lowest BCUT2D eigenvalue weighted by atomic mass is 9.96. The molecular formula is C16H22Cl2N2O. The number of carbonyl (C=O) groups is 1. The van der Waals surface area contributed by atoms with Crippen molar-refractivity contribution in [3.8, 4) is 0 Å².